The number of fused-ring (bicyclic) bond motifs is 2. The summed E-state index contributed by atoms with van der Waals surface area (Å²) in [7, 11) is 0.285. The Morgan fingerprint density at radius 3 is 2.66 bits per heavy atom. The lowest BCUT2D eigenvalue weighted by molar-refractivity contribution is 0.296. The number of hydrogen-bond donors (Lipinski definition) is 1. The van der Waals surface area contributed by atoms with Crippen molar-refractivity contribution >= 4 is 43.0 Å². The first kappa shape index (κ1) is 22.8. The molecule has 32 heavy (non-hydrogen) atoms. The van der Waals surface area contributed by atoms with Crippen molar-refractivity contribution in [2.75, 3.05) is 12.4 Å². The highest BCUT2D eigenvalue weighted by atomic mass is 32.2. The molecule has 7 heteroatoms. The smallest absolute Gasteiger partial charge is 0.276 e. The zero-order valence-corrected chi connectivity index (χ0v) is 20.3. The number of aliphatic hydroxyl groups excluding tert-OH is 1. The van der Waals surface area contributed by atoms with Crippen LogP contribution in [0, 0.1) is 5.92 Å². The van der Waals surface area contributed by atoms with Crippen LogP contribution in [0.25, 0.3) is 20.9 Å². The Balaban J connectivity index is 1.95. The summed E-state index contributed by atoms with van der Waals surface area (Å²) >= 11 is 1.55. The number of hydrogen-bond acceptors (Lipinski definition) is 5. The minimum atomic E-state index is -1.38. The Bertz CT molecular complexity index is 1350. The monoisotopic (exact) mass is 468 g/mol. The van der Waals surface area contributed by atoms with Crippen LogP contribution >= 0.6 is 11.3 Å². The van der Waals surface area contributed by atoms with E-state index in [4.69, 9.17) is 0 Å². The Morgan fingerprint density at radius 1 is 1.16 bits per heavy atom. The van der Waals surface area contributed by atoms with Crippen LogP contribution in [0.2, 0.25) is 0 Å². The highest BCUT2D eigenvalue weighted by Gasteiger charge is 2.24. The third-order valence-electron chi connectivity index (χ3n) is 5.52. The van der Waals surface area contributed by atoms with Gasteiger partial charge in [-0.3, -0.25) is 9.00 Å². The molecule has 4 aromatic rings. The summed E-state index contributed by atoms with van der Waals surface area (Å²) in [5.74, 6) is 0.714. The molecule has 1 unspecified atom stereocenters. The fraction of sp³-hybridized carbons (Fsp3) is 0.360. The lowest BCUT2D eigenvalue weighted by atomic mass is 10.0. The summed E-state index contributed by atoms with van der Waals surface area (Å²) in [5, 5.41) is 16.7. The van der Waals surface area contributed by atoms with E-state index in [1.54, 1.807) is 18.4 Å². The van der Waals surface area contributed by atoms with Crippen molar-refractivity contribution in [3.8, 4) is 0 Å². The van der Waals surface area contributed by atoms with E-state index in [2.05, 4.69) is 43.2 Å². The Labute approximate surface area is 194 Å². The lowest BCUT2D eigenvalue weighted by Gasteiger charge is -2.09. The minimum absolute atomic E-state index is 0.0232. The van der Waals surface area contributed by atoms with E-state index in [9.17, 15) is 14.1 Å². The molecule has 168 valence electrons. The van der Waals surface area contributed by atoms with E-state index in [1.165, 1.54) is 4.68 Å². The second-order valence-corrected chi connectivity index (χ2v) is 11.1. The number of benzene rings is 2. The topological polar surface area (TPSA) is 72.2 Å². The Kier molecular flexibility index (Phi) is 6.88. The molecule has 1 N–H and O–H groups in total. The summed E-state index contributed by atoms with van der Waals surface area (Å²) in [5.41, 5.74) is 1.82. The molecular weight excluding hydrogens is 440 g/mol. The van der Waals surface area contributed by atoms with Gasteiger partial charge < -0.3 is 5.11 Å². The first-order valence-corrected chi connectivity index (χ1v) is 13.0. The predicted octanol–water partition coefficient (Wildman–Crippen LogP) is 4.43. The van der Waals surface area contributed by atoms with Crippen LogP contribution in [0.4, 0.5) is 0 Å². The Morgan fingerprint density at radius 2 is 1.91 bits per heavy atom. The van der Waals surface area contributed by atoms with E-state index in [0.717, 1.165) is 38.0 Å². The number of aliphatic hydroxyl groups is 1. The third kappa shape index (κ3) is 4.42. The zero-order chi connectivity index (χ0) is 22.8. The summed E-state index contributed by atoms with van der Waals surface area (Å²) < 4.78 is 15.6. The van der Waals surface area contributed by atoms with Gasteiger partial charge in [-0.1, -0.05) is 56.3 Å². The van der Waals surface area contributed by atoms with Crippen molar-refractivity contribution in [3.05, 3.63) is 69.0 Å². The highest BCUT2D eigenvalue weighted by Crippen LogP contribution is 2.37. The molecule has 0 radical (unpaired) electrons. The van der Waals surface area contributed by atoms with E-state index in [0.29, 0.717) is 34.8 Å². The van der Waals surface area contributed by atoms with E-state index in [-0.39, 0.29) is 12.2 Å². The maximum Gasteiger partial charge on any atom is 0.276 e. The maximum atomic E-state index is 13.4. The molecule has 0 aliphatic carbocycles. The fourth-order valence-corrected chi connectivity index (χ4v) is 7.10. The van der Waals surface area contributed by atoms with Gasteiger partial charge in [0, 0.05) is 30.7 Å². The van der Waals surface area contributed by atoms with Gasteiger partial charge in [0.1, 0.15) is 0 Å². The fourth-order valence-electron chi connectivity index (χ4n) is 4.09. The van der Waals surface area contributed by atoms with Crippen LogP contribution < -0.4 is 5.56 Å². The summed E-state index contributed by atoms with van der Waals surface area (Å²) in [4.78, 5) is 14.7. The van der Waals surface area contributed by atoms with Crippen molar-refractivity contribution in [2.45, 2.75) is 38.0 Å². The molecular formula is C25H28N2O3S2. The van der Waals surface area contributed by atoms with Crippen LogP contribution in [0.15, 0.2) is 52.2 Å². The predicted molar refractivity (Wildman–Crippen MR) is 133 cm³/mol. The van der Waals surface area contributed by atoms with Crippen molar-refractivity contribution in [3.63, 3.8) is 0 Å². The zero-order valence-electron chi connectivity index (χ0n) is 18.6. The molecule has 0 saturated heterocycles. The van der Waals surface area contributed by atoms with Crippen LogP contribution in [0.1, 0.15) is 36.4 Å². The first-order chi connectivity index (χ1) is 15.4. The van der Waals surface area contributed by atoms with E-state index >= 15 is 0 Å². The molecule has 2 aromatic carbocycles. The van der Waals surface area contributed by atoms with Gasteiger partial charge in [0.15, 0.2) is 0 Å². The number of thiophene rings is 1. The molecule has 0 amide bonds. The SMILES string of the molecule is CC(C)Cc1nn(C)c(=O)c2c(S(=O)CCCO)c(Cc3cccc4ccccc34)sc12. The highest BCUT2D eigenvalue weighted by molar-refractivity contribution is 7.85. The van der Waals surface area contributed by atoms with Gasteiger partial charge in [-0.15, -0.1) is 11.3 Å². The number of aryl methyl sites for hydroxylation is 1. The summed E-state index contributed by atoms with van der Waals surface area (Å²) in [6, 6.07) is 14.5. The first-order valence-electron chi connectivity index (χ1n) is 10.9. The molecule has 0 spiro atoms. The van der Waals surface area contributed by atoms with Gasteiger partial charge in [0.2, 0.25) is 0 Å². The molecule has 5 nitrogen and oxygen atoms in total. The molecule has 0 aliphatic heterocycles. The summed E-state index contributed by atoms with van der Waals surface area (Å²) in [6.07, 6.45) is 1.79. The Hall–Kier alpha value is -2.35. The average Bonchev–Trinajstić information content (AvgIpc) is 3.15. The van der Waals surface area contributed by atoms with Gasteiger partial charge >= 0.3 is 0 Å². The van der Waals surface area contributed by atoms with Gasteiger partial charge in [-0.25, -0.2) is 4.68 Å². The van der Waals surface area contributed by atoms with Crippen molar-refractivity contribution in [1.29, 1.82) is 0 Å². The maximum absolute atomic E-state index is 13.4. The van der Waals surface area contributed by atoms with Crippen LogP contribution in [-0.2, 0) is 30.7 Å². The number of aromatic nitrogens is 2. The quantitative estimate of drug-likeness (QED) is 0.415. The van der Waals surface area contributed by atoms with Crippen LogP contribution in [-0.4, -0.2) is 31.5 Å². The van der Waals surface area contributed by atoms with Crippen molar-refractivity contribution in [1.82, 2.24) is 9.78 Å². The molecule has 0 aliphatic rings. The van der Waals surface area contributed by atoms with Crippen molar-refractivity contribution in [2.24, 2.45) is 13.0 Å². The van der Waals surface area contributed by atoms with Gasteiger partial charge in [-0.05, 0) is 35.1 Å². The van der Waals surface area contributed by atoms with Gasteiger partial charge in [0.25, 0.3) is 5.56 Å². The molecule has 2 heterocycles. The van der Waals surface area contributed by atoms with Gasteiger partial charge in [-0.2, -0.15) is 5.10 Å². The number of rotatable bonds is 8. The second kappa shape index (κ2) is 9.65. The molecule has 0 fully saturated rings. The molecule has 2 aromatic heterocycles. The minimum Gasteiger partial charge on any atom is -0.396 e. The molecule has 0 bridgehead atoms. The molecule has 0 saturated carbocycles. The largest absolute Gasteiger partial charge is 0.396 e. The van der Waals surface area contributed by atoms with Gasteiger partial charge in [0.05, 0.1) is 31.5 Å². The second-order valence-electron chi connectivity index (χ2n) is 8.47. The van der Waals surface area contributed by atoms with Crippen LogP contribution in [0.3, 0.4) is 0 Å². The van der Waals surface area contributed by atoms with Crippen LogP contribution in [0.5, 0.6) is 0 Å². The van der Waals surface area contributed by atoms with E-state index in [1.807, 2.05) is 18.2 Å². The average molecular weight is 469 g/mol. The normalized spacial score (nSPS) is 12.8. The lowest BCUT2D eigenvalue weighted by Crippen LogP contribution is -2.22. The molecule has 1 atom stereocenters. The van der Waals surface area contributed by atoms with E-state index < -0.39 is 10.8 Å². The molecule has 4 rings (SSSR count). The summed E-state index contributed by atoms with van der Waals surface area (Å²) in [6.45, 7) is 4.23. The van der Waals surface area contributed by atoms with Crippen molar-refractivity contribution < 1.29 is 9.32 Å². The number of nitrogens with zero attached hydrogens (tertiary/aromatic N) is 2. The third-order valence-corrected chi connectivity index (χ3v) is 8.45. The standard InChI is InChI=1S/C25H28N2O3S2/c1-16(2)14-20-23-22(25(29)27(3)26-20)24(32(30)13-7-12-28)21(31-23)15-18-10-6-9-17-8-4-5-11-19(17)18/h4-6,8-11,16,28H,7,12-15H2,1-3H3.